The number of nitrogens with zero attached hydrogens (tertiary/aromatic N) is 4. The first-order valence-corrected chi connectivity index (χ1v) is 13.0. The fourth-order valence-electron chi connectivity index (χ4n) is 0.766. The van der Waals surface area contributed by atoms with Crippen LogP contribution in [0.4, 0.5) is 0 Å². The Kier molecular flexibility index (Phi) is 29.9. The van der Waals surface area contributed by atoms with Crippen molar-refractivity contribution in [3.63, 3.8) is 0 Å². The van der Waals surface area contributed by atoms with Gasteiger partial charge in [-0.15, -0.1) is 10.2 Å². The van der Waals surface area contributed by atoms with Gasteiger partial charge in [0, 0.05) is 31.8 Å². The lowest BCUT2D eigenvalue weighted by molar-refractivity contribution is -0.123. The second kappa shape index (κ2) is 23.0. The fraction of sp³-hybridized carbons (Fsp3) is 0.800. The molecule has 1 heterocycles. The summed E-state index contributed by atoms with van der Waals surface area (Å²) >= 11 is 0. The van der Waals surface area contributed by atoms with Gasteiger partial charge in [0.25, 0.3) is 0 Å². The maximum Gasteiger partial charge on any atom is 0.303 e. The molecule has 0 atom stereocenters. The third kappa shape index (κ3) is 31.5. The molecular formula is C20H49N7O7S2. The van der Waals surface area contributed by atoms with Crippen LogP contribution in [-0.4, -0.2) is 79.7 Å². The Bertz CT molecular complexity index is 882. The van der Waals surface area contributed by atoms with Crippen molar-refractivity contribution >= 4 is 37.8 Å². The number of tetrazole rings is 1. The summed E-state index contributed by atoms with van der Waals surface area (Å²) in [6.07, 6.45) is 2.28. The highest BCUT2D eigenvalue weighted by molar-refractivity contribution is 7.89. The molecule has 0 unspecified atom stereocenters. The van der Waals surface area contributed by atoms with Crippen molar-refractivity contribution in [3.8, 4) is 0 Å². The molecule has 1 rings (SSSR count). The number of carbonyl (C=O) groups excluding carboxylic acids is 3. The molecule has 0 aliphatic heterocycles. The summed E-state index contributed by atoms with van der Waals surface area (Å²) in [4.78, 5) is 31.8. The molecule has 16 heteroatoms. The lowest BCUT2D eigenvalue weighted by Crippen LogP contribution is -2.41. The van der Waals surface area contributed by atoms with Gasteiger partial charge in [-0.2, -0.15) is 17.9 Å². The predicted octanol–water partition coefficient (Wildman–Crippen LogP) is 1.62. The molecule has 0 bridgehead atoms. The number of hydrogen-bond donors (Lipinski definition) is 3. The third-order valence-electron chi connectivity index (χ3n) is 3.13. The molecule has 0 spiro atoms. The van der Waals surface area contributed by atoms with Crippen LogP contribution in [0.5, 0.6) is 0 Å². The Hall–Kier alpha value is -2.46. The quantitative estimate of drug-likeness (QED) is 0.456. The van der Waals surface area contributed by atoms with Gasteiger partial charge in [-0.25, -0.2) is 13.1 Å². The number of H-pyrrole nitrogens is 1. The first-order valence-electron chi connectivity index (χ1n) is 9.67. The van der Waals surface area contributed by atoms with Gasteiger partial charge < -0.3 is 0 Å². The van der Waals surface area contributed by atoms with Gasteiger partial charge in [0.1, 0.15) is 5.78 Å². The fourth-order valence-corrected chi connectivity index (χ4v) is 2.04. The molecule has 0 fully saturated rings. The van der Waals surface area contributed by atoms with E-state index in [0.717, 1.165) is 10.6 Å². The average Bonchev–Trinajstić information content (AvgIpc) is 3.20. The van der Waals surface area contributed by atoms with Gasteiger partial charge in [-0.3, -0.25) is 19.1 Å². The van der Waals surface area contributed by atoms with Crippen molar-refractivity contribution in [2.24, 2.45) is 17.8 Å². The number of aromatic nitrogens is 4. The maximum absolute atomic E-state index is 11.0. The molecule has 0 saturated carbocycles. The number of sulfonamides is 1. The van der Waals surface area contributed by atoms with Crippen LogP contribution in [0.25, 0.3) is 0 Å². The Morgan fingerprint density at radius 3 is 1.31 bits per heavy atom. The summed E-state index contributed by atoms with van der Waals surface area (Å²) in [5.74, 6) is -1.12. The standard InChI is InChI=1S/C6H14N2O3S.C5H11NO3S.C5H10O.CH2N4.3CH4/c1-5(2)6(9)7-12(10,11)8(3)4;1-4(2)5(7)6-10(3,8)9;1-4(2)5(3)6;1-2-4-5-3-1;;;/h5H,1-4H3,(H,7,9);4H,1-3H3,(H,6,7);4H,1-3H3;1H,(H,2,3,4,5);3*1H4. The van der Waals surface area contributed by atoms with E-state index in [1.807, 2.05) is 23.3 Å². The van der Waals surface area contributed by atoms with E-state index in [1.54, 1.807) is 34.6 Å². The summed E-state index contributed by atoms with van der Waals surface area (Å²) in [5.41, 5.74) is 0. The van der Waals surface area contributed by atoms with E-state index < -0.39 is 32.0 Å². The van der Waals surface area contributed by atoms with Crippen LogP contribution in [0, 0.1) is 17.8 Å². The molecule has 1 aromatic heterocycles. The molecule has 1 aromatic rings. The minimum atomic E-state index is -3.61. The average molecular weight is 564 g/mol. The van der Waals surface area contributed by atoms with Gasteiger partial charge in [-0.1, -0.05) is 69.0 Å². The highest BCUT2D eigenvalue weighted by atomic mass is 32.2. The van der Waals surface area contributed by atoms with Crippen molar-refractivity contribution < 1.29 is 31.2 Å². The molecule has 2 amide bonds. The smallest absolute Gasteiger partial charge is 0.300 e. The summed E-state index contributed by atoms with van der Waals surface area (Å²) in [6.45, 7) is 11.9. The molecule has 36 heavy (non-hydrogen) atoms. The van der Waals surface area contributed by atoms with Crippen LogP contribution in [0.2, 0.25) is 0 Å². The number of nitrogens with one attached hydrogen (secondary N) is 3. The van der Waals surface area contributed by atoms with Gasteiger partial charge in [0.15, 0.2) is 6.33 Å². The zero-order valence-corrected chi connectivity index (χ0v) is 22.4. The molecule has 14 nitrogen and oxygen atoms in total. The third-order valence-corrected chi connectivity index (χ3v) is 5.12. The van der Waals surface area contributed by atoms with Crippen molar-refractivity contribution in [1.29, 1.82) is 0 Å². The van der Waals surface area contributed by atoms with E-state index in [9.17, 15) is 31.2 Å². The van der Waals surface area contributed by atoms with E-state index in [0.29, 0.717) is 0 Å². The molecule has 0 aromatic carbocycles. The second-order valence-corrected chi connectivity index (χ2v) is 11.3. The number of Topliss-reactive ketones (excluding diaryl/α,β-unsaturated/α-hetero) is 1. The highest BCUT2D eigenvalue weighted by Gasteiger charge is 2.18. The van der Waals surface area contributed by atoms with Crippen molar-refractivity contribution in [3.05, 3.63) is 6.33 Å². The first-order chi connectivity index (χ1) is 14.7. The number of carbonyl (C=O) groups is 3. The van der Waals surface area contributed by atoms with E-state index in [2.05, 4.69) is 20.6 Å². The van der Waals surface area contributed by atoms with Gasteiger partial charge in [0.2, 0.25) is 21.8 Å². The van der Waals surface area contributed by atoms with Crippen LogP contribution in [-0.2, 0) is 34.6 Å². The van der Waals surface area contributed by atoms with Crippen LogP contribution in [0.3, 0.4) is 0 Å². The SMILES string of the molecule is C.C.C.CC(=O)C(C)C.CC(C)C(=O)NS(=O)(=O)N(C)C.CC(C)C(=O)NS(C)(=O)=O.c1nn[nH]n1. The Morgan fingerprint density at radius 2 is 1.17 bits per heavy atom. The molecule has 3 N–H and O–H groups in total. The number of amides is 2. The van der Waals surface area contributed by atoms with Crippen LogP contribution in [0.1, 0.15) is 70.7 Å². The van der Waals surface area contributed by atoms with Crippen LogP contribution >= 0.6 is 0 Å². The first kappa shape index (κ1) is 46.8. The van der Waals surface area contributed by atoms with Crippen molar-refractivity contribution in [1.82, 2.24) is 34.4 Å². The summed E-state index contributed by atoms with van der Waals surface area (Å²) in [5, 5.41) is 12.2. The van der Waals surface area contributed by atoms with E-state index in [-0.39, 0.29) is 45.8 Å². The van der Waals surface area contributed by atoms with Crippen LogP contribution in [0.15, 0.2) is 6.33 Å². The molecular weight excluding hydrogens is 514 g/mol. The van der Waals surface area contributed by atoms with Gasteiger partial charge in [0.05, 0.1) is 6.26 Å². The predicted molar refractivity (Wildman–Crippen MR) is 143 cm³/mol. The normalized spacial score (nSPS) is 9.94. The Labute approximate surface area is 218 Å². The Morgan fingerprint density at radius 1 is 0.806 bits per heavy atom. The molecule has 0 saturated heterocycles. The zero-order chi connectivity index (χ0) is 27.0. The summed E-state index contributed by atoms with van der Waals surface area (Å²) in [6, 6.07) is 0. The molecule has 0 aliphatic rings. The maximum atomic E-state index is 11.0. The minimum Gasteiger partial charge on any atom is -0.300 e. The number of aromatic amines is 1. The Balaban J connectivity index is -0.0000000849. The number of rotatable bonds is 6. The summed E-state index contributed by atoms with van der Waals surface area (Å²) < 4.78 is 47.6. The highest BCUT2D eigenvalue weighted by Crippen LogP contribution is 1.95. The minimum absolute atomic E-state index is 0. The molecule has 0 aliphatic carbocycles. The lowest BCUT2D eigenvalue weighted by Gasteiger charge is -2.13. The van der Waals surface area contributed by atoms with Crippen molar-refractivity contribution in [2.75, 3.05) is 20.4 Å². The number of ketones is 1. The topological polar surface area (TPSA) is 201 Å². The molecule has 0 radical (unpaired) electrons. The van der Waals surface area contributed by atoms with Crippen molar-refractivity contribution in [2.45, 2.75) is 70.7 Å². The molecule has 218 valence electrons. The number of hydrogen-bond acceptors (Lipinski definition) is 10. The van der Waals surface area contributed by atoms with E-state index >= 15 is 0 Å². The van der Waals surface area contributed by atoms with E-state index in [4.69, 9.17) is 0 Å². The monoisotopic (exact) mass is 563 g/mol. The van der Waals surface area contributed by atoms with Gasteiger partial charge in [-0.05, 0) is 6.92 Å². The second-order valence-electron chi connectivity index (χ2n) is 7.63. The van der Waals surface area contributed by atoms with E-state index in [1.165, 1.54) is 20.4 Å². The van der Waals surface area contributed by atoms with Gasteiger partial charge >= 0.3 is 10.2 Å². The lowest BCUT2D eigenvalue weighted by atomic mass is 10.1. The van der Waals surface area contributed by atoms with Crippen LogP contribution < -0.4 is 9.44 Å². The zero-order valence-electron chi connectivity index (χ0n) is 20.8. The largest absolute Gasteiger partial charge is 0.303 e. The summed E-state index contributed by atoms with van der Waals surface area (Å²) in [7, 11) is -4.26.